The van der Waals surface area contributed by atoms with Gasteiger partial charge in [-0.1, -0.05) is 0 Å². The molecule has 76 valence electrons. The minimum Gasteiger partial charge on any atom is -0.378 e. The number of hydrogen-bond donors (Lipinski definition) is 0. The molecule has 2 atom stereocenters. The van der Waals surface area contributed by atoms with Gasteiger partial charge in [-0.3, -0.25) is 0 Å². The van der Waals surface area contributed by atoms with Gasteiger partial charge in [0, 0.05) is 12.0 Å². The molecule has 0 bridgehead atoms. The van der Waals surface area contributed by atoms with Gasteiger partial charge in [0.05, 0.1) is 12.7 Å². The lowest BCUT2D eigenvalue weighted by molar-refractivity contribution is 0.123. The van der Waals surface area contributed by atoms with Gasteiger partial charge in [-0.2, -0.15) is 0 Å². The molecule has 4 nitrogen and oxygen atoms in total. The van der Waals surface area contributed by atoms with Gasteiger partial charge in [-0.05, 0) is 26.2 Å². The fourth-order valence-electron chi connectivity index (χ4n) is 2.18. The zero-order chi connectivity index (χ0) is 9.54. The predicted octanol–water partition coefficient (Wildman–Crippen LogP) is 1.51. The summed E-state index contributed by atoms with van der Waals surface area (Å²) in [5, 5.41) is 8.24. The second-order valence-corrected chi connectivity index (χ2v) is 4.40. The molecule has 1 saturated heterocycles. The highest BCUT2D eigenvalue weighted by atomic mass is 16.5. The van der Waals surface area contributed by atoms with Gasteiger partial charge in [0.2, 0.25) is 0 Å². The largest absolute Gasteiger partial charge is 0.378 e. The molecule has 1 aromatic rings. The van der Waals surface area contributed by atoms with Crippen LogP contribution in [-0.4, -0.2) is 27.5 Å². The minimum absolute atomic E-state index is 0.379. The lowest BCUT2D eigenvalue weighted by atomic mass is 10.1. The molecule has 1 aliphatic heterocycles. The zero-order valence-electron chi connectivity index (χ0n) is 8.39. The van der Waals surface area contributed by atoms with Crippen molar-refractivity contribution in [3.63, 3.8) is 0 Å². The van der Waals surface area contributed by atoms with Gasteiger partial charge in [0.15, 0.2) is 0 Å². The number of rotatable bonds is 2. The van der Waals surface area contributed by atoms with Crippen LogP contribution in [0.25, 0.3) is 0 Å². The van der Waals surface area contributed by atoms with E-state index in [0.29, 0.717) is 18.1 Å². The van der Waals surface area contributed by atoms with E-state index in [0.717, 1.165) is 18.9 Å². The van der Waals surface area contributed by atoms with Crippen molar-refractivity contribution in [1.29, 1.82) is 0 Å². The summed E-state index contributed by atoms with van der Waals surface area (Å²) < 4.78 is 7.81. The molecule has 1 aromatic heterocycles. The Morgan fingerprint density at radius 1 is 1.50 bits per heavy atom. The topological polar surface area (TPSA) is 39.9 Å². The second kappa shape index (κ2) is 3.05. The van der Waals surface area contributed by atoms with Crippen molar-refractivity contribution in [2.75, 3.05) is 6.61 Å². The van der Waals surface area contributed by atoms with E-state index in [9.17, 15) is 0 Å². The number of hydrogen-bond acceptors (Lipinski definition) is 3. The summed E-state index contributed by atoms with van der Waals surface area (Å²) in [6.07, 6.45) is 5.91. The van der Waals surface area contributed by atoms with Crippen molar-refractivity contribution in [1.82, 2.24) is 14.8 Å². The van der Waals surface area contributed by atoms with E-state index in [1.165, 1.54) is 12.8 Å². The lowest BCUT2D eigenvalue weighted by Crippen LogP contribution is -2.07. The maximum atomic E-state index is 5.56. The monoisotopic (exact) mass is 193 g/mol. The van der Waals surface area contributed by atoms with Crippen LogP contribution in [0.2, 0.25) is 0 Å². The Labute approximate surface area is 83.3 Å². The number of ether oxygens (including phenoxy) is 1. The molecule has 0 amide bonds. The average molecular weight is 193 g/mol. The van der Waals surface area contributed by atoms with Gasteiger partial charge in [-0.25, -0.2) is 0 Å². The first-order valence-electron chi connectivity index (χ1n) is 5.35. The highest BCUT2D eigenvalue weighted by molar-refractivity contribution is 5.03. The van der Waals surface area contributed by atoms with E-state index in [1.807, 2.05) is 6.33 Å². The molecule has 2 fully saturated rings. The first kappa shape index (κ1) is 8.41. The van der Waals surface area contributed by atoms with Crippen LogP contribution in [0.4, 0.5) is 0 Å². The number of aromatic nitrogens is 3. The first-order chi connectivity index (χ1) is 6.84. The summed E-state index contributed by atoms with van der Waals surface area (Å²) in [6.45, 7) is 2.93. The summed E-state index contributed by atoms with van der Waals surface area (Å²) in [5.74, 6) is 1.60. The normalized spacial score (nSPS) is 32.4. The third-order valence-electron chi connectivity index (χ3n) is 3.10. The molecule has 1 saturated carbocycles. The van der Waals surface area contributed by atoms with Gasteiger partial charge in [0.25, 0.3) is 0 Å². The number of nitrogens with zero attached hydrogens (tertiary/aromatic N) is 3. The third kappa shape index (κ3) is 1.34. The quantitative estimate of drug-likeness (QED) is 0.714. The summed E-state index contributed by atoms with van der Waals surface area (Å²) >= 11 is 0. The molecular formula is C10H15N3O. The van der Waals surface area contributed by atoms with Crippen molar-refractivity contribution in [2.45, 2.75) is 44.2 Å². The molecular weight excluding hydrogens is 178 g/mol. The summed E-state index contributed by atoms with van der Waals surface area (Å²) in [7, 11) is 0. The molecule has 3 rings (SSSR count). The van der Waals surface area contributed by atoms with Crippen LogP contribution in [-0.2, 0) is 4.74 Å². The fraction of sp³-hybridized carbons (Fsp3) is 0.800. The molecule has 4 heteroatoms. The molecule has 0 radical (unpaired) electrons. The Morgan fingerprint density at radius 2 is 2.36 bits per heavy atom. The van der Waals surface area contributed by atoms with E-state index in [-0.39, 0.29) is 0 Å². The summed E-state index contributed by atoms with van der Waals surface area (Å²) in [4.78, 5) is 0. The van der Waals surface area contributed by atoms with Gasteiger partial charge in [0.1, 0.15) is 12.2 Å². The second-order valence-electron chi connectivity index (χ2n) is 4.40. The standard InChI is InChI=1S/C10H15N3O/c1-7-4-8(5-14-7)10-12-11-6-13(10)9-2-3-9/h6-9H,2-5H2,1H3. The molecule has 0 N–H and O–H groups in total. The lowest BCUT2D eigenvalue weighted by Gasteiger charge is -2.08. The van der Waals surface area contributed by atoms with E-state index < -0.39 is 0 Å². The van der Waals surface area contributed by atoms with Crippen molar-refractivity contribution in [2.24, 2.45) is 0 Å². The summed E-state index contributed by atoms with van der Waals surface area (Å²) in [6, 6.07) is 0.677. The third-order valence-corrected chi connectivity index (χ3v) is 3.10. The van der Waals surface area contributed by atoms with Gasteiger partial charge < -0.3 is 9.30 Å². The van der Waals surface area contributed by atoms with Crippen molar-refractivity contribution in [3.05, 3.63) is 12.2 Å². The predicted molar refractivity (Wildman–Crippen MR) is 51.1 cm³/mol. The van der Waals surface area contributed by atoms with Crippen LogP contribution >= 0.6 is 0 Å². The smallest absolute Gasteiger partial charge is 0.138 e. The van der Waals surface area contributed by atoms with E-state index in [4.69, 9.17) is 4.74 Å². The van der Waals surface area contributed by atoms with Crippen molar-refractivity contribution in [3.8, 4) is 0 Å². The first-order valence-corrected chi connectivity index (χ1v) is 5.35. The Morgan fingerprint density at radius 3 is 3.00 bits per heavy atom. The Kier molecular flexibility index (Phi) is 1.83. The van der Waals surface area contributed by atoms with Crippen molar-refractivity contribution < 1.29 is 4.74 Å². The van der Waals surface area contributed by atoms with Crippen LogP contribution in [0.15, 0.2) is 6.33 Å². The van der Waals surface area contributed by atoms with E-state index in [2.05, 4.69) is 21.7 Å². The maximum absolute atomic E-state index is 5.56. The highest BCUT2D eigenvalue weighted by Gasteiger charge is 2.32. The molecule has 14 heavy (non-hydrogen) atoms. The van der Waals surface area contributed by atoms with Crippen LogP contribution in [0.3, 0.4) is 0 Å². The van der Waals surface area contributed by atoms with Gasteiger partial charge >= 0.3 is 0 Å². The molecule has 0 aromatic carbocycles. The highest BCUT2D eigenvalue weighted by Crippen LogP contribution is 2.38. The Hall–Kier alpha value is -0.900. The van der Waals surface area contributed by atoms with Crippen LogP contribution in [0.5, 0.6) is 0 Å². The van der Waals surface area contributed by atoms with Gasteiger partial charge in [-0.15, -0.1) is 10.2 Å². The fourth-order valence-corrected chi connectivity index (χ4v) is 2.18. The van der Waals surface area contributed by atoms with E-state index in [1.54, 1.807) is 0 Å². The maximum Gasteiger partial charge on any atom is 0.138 e. The molecule has 2 heterocycles. The van der Waals surface area contributed by atoms with Crippen LogP contribution < -0.4 is 0 Å². The van der Waals surface area contributed by atoms with Crippen LogP contribution in [0, 0.1) is 0 Å². The van der Waals surface area contributed by atoms with Crippen LogP contribution in [0.1, 0.15) is 44.0 Å². The van der Waals surface area contributed by atoms with Crippen molar-refractivity contribution >= 4 is 0 Å². The average Bonchev–Trinajstić information content (AvgIpc) is 2.75. The molecule has 1 aliphatic carbocycles. The Bertz CT molecular complexity index is 332. The molecule has 2 unspecified atom stereocenters. The van der Waals surface area contributed by atoms with E-state index >= 15 is 0 Å². The SMILES string of the molecule is CC1CC(c2nncn2C2CC2)CO1. The Balaban J connectivity index is 1.84. The minimum atomic E-state index is 0.379. The molecule has 0 spiro atoms. The zero-order valence-corrected chi connectivity index (χ0v) is 8.39. The molecule has 2 aliphatic rings. The summed E-state index contributed by atoms with van der Waals surface area (Å²) in [5.41, 5.74) is 0.